The van der Waals surface area contributed by atoms with Gasteiger partial charge in [0.2, 0.25) is 0 Å². The summed E-state index contributed by atoms with van der Waals surface area (Å²) in [5, 5.41) is 0.782. The maximum absolute atomic E-state index is 12.4. The van der Waals surface area contributed by atoms with Gasteiger partial charge in [-0.05, 0) is 27.7 Å². The van der Waals surface area contributed by atoms with Crippen LogP contribution < -0.4 is 4.72 Å². The molecule has 0 aliphatic carbocycles. The van der Waals surface area contributed by atoms with Gasteiger partial charge in [0.1, 0.15) is 5.01 Å². The Morgan fingerprint density at radius 1 is 1.30 bits per heavy atom. The minimum atomic E-state index is -3.52. The maximum atomic E-state index is 12.4. The number of thiazole rings is 1. The molecular formula is C12H21N3O3S2. The first kappa shape index (κ1) is 15.8. The summed E-state index contributed by atoms with van der Waals surface area (Å²) in [6, 6.07) is 0. The average Bonchev–Trinajstić information content (AvgIpc) is 2.70. The number of nitrogens with one attached hydrogen (secondary N) is 1. The smallest absolute Gasteiger partial charge is 0.280 e. The minimum Gasteiger partial charge on any atom is -0.379 e. The molecule has 1 aromatic rings. The average molecular weight is 319 g/mol. The molecule has 0 saturated carbocycles. The zero-order valence-electron chi connectivity index (χ0n) is 12.3. The number of aromatic nitrogens is 1. The van der Waals surface area contributed by atoms with E-state index >= 15 is 0 Å². The number of nitrogens with zero attached hydrogens (tertiary/aromatic N) is 2. The Balaban J connectivity index is 2.18. The van der Waals surface area contributed by atoms with Crippen LogP contribution in [0.25, 0.3) is 0 Å². The van der Waals surface area contributed by atoms with Gasteiger partial charge < -0.3 is 4.74 Å². The van der Waals surface area contributed by atoms with E-state index in [9.17, 15) is 8.42 Å². The first-order valence-corrected chi connectivity index (χ1v) is 8.79. The molecule has 0 amide bonds. The molecule has 2 rings (SSSR count). The number of rotatable bonds is 4. The van der Waals surface area contributed by atoms with Crippen LogP contribution in [0.2, 0.25) is 0 Å². The molecule has 0 bridgehead atoms. The molecule has 0 unspecified atom stereocenters. The third-order valence-electron chi connectivity index (χ3n) is 3.26. The zero-order valence-corrected chi connectivity index (χ0v) is 13.9. The van der Waals surface area contributed by atoms with Crippen LogP contribution in [0.4, 0.5) is 0 Å². The summed E-state index contributed by atoms with van der Waals surface area (Å²) in [7, 11) is -3.52. The van der Waals surface area contributed by atoms with Gasteiger partial charge in [-0.3, -0.25) is 0 Å². The molecule has 0 atom stereocenters. The van der Waals surface area contributed by atoms with Gasteiger partial charge in [0, 0.05) is 18.0 Å². The Labute approximate surface area is 124 Å². The molecule has 20 heavy (non-hydrogen) atoms. The van der Waals surface area contributed by atoms with Crippen molar-refractivity contribution in [2.45, 2.75) is 33.2 Å². The second kappa shape index (κ2) is 5.69. The van der Waals surface area contributed by atoms with E-state index in [1.54, 1.807) is 0 Å². The van der Waals surface area contributed by atoms with Gasteiger partial charge in [0.25, 0.3) is 10.2 Å². The lowest BCUT2D eigenvalue weighted by Crippen LogP contribution is -2.51. The number of hydrogen-bond acceptors (Lipinski definition) is 5. The van der Waals surface area contributed by atoms with Crippen molar-refractivity contribution in [3.8, 4) is 0 Å². The third-order valence-corrected chi connectivity index (χ3v) is 6.47. The quantitative estimate of drug-likeness (QED) is 0.904. The van der Waals surface area contributed by atoms with Gasteiger partial charge in [-0.15, -0.1) is 11.3 Å². The monoisotopic (exact) mass is 319 g/mol. The fraction of sp³-hybridized carbons (Fsp3) is 0.750. The summed E-state index contributed by atoms with van der Waals surface area (Å²) in [6.45, 7) is 9.26. The van der Waals surface area contributed by atoms with E-state index in [4.69, 9.17) is 4.74 Å². The Morgan fingerprint density at radius 2 is 1.90 bits per heavy atom. The van der Waals surface area contributed by atoms with E-state index in [-0.39, 0.29) is 0 Å². The largest absolute Gasteiger partial charge is 0.379 e. The van der Waals surface area contributed by atoms with Crippen LogP contribution in [0.15, 0.2) is 0 Å². The van der Waals surface area contributed by atoms with Crippen LogP contribution >= 0.6 is 11.3 Å². The summed E-state index contributed by atoms with van der Waals surface area (Å²) >= 11 is 1.53. The summed E-state index contributed by atoms with van der Waals surface area (Å²) < 4.78 is 34.2. The second-order valence-electron chi connectivity index (χ2n) is 5.40. The van der Waals surface area contributed by atoms with E-state index in [0.29, 0.717) is 26.3 Å². The Kier molecular flexibility index (Phi) is 4.50. The predicted molar refractivity (Wildman–Crippen MR) is 79.1 cm³/mol. The topological polar surface area (TPSA) is 71.5 Å². The Morgan fingerprint density at radius 3 is 2.40 bits per heavy atom. The lowest BCUT2D eigenvalue weighted by molar-refractivity contribution is 0.0720. The molecule has 8 heteroatoms. The van der Waals surface area contributed by atoms with E-state index in [0.717, 1.165) is 15.6 Å². The summed E-state index contributed by atoms with van der Waals surface area (Å²) in [4.78, 5) is 5.57. The molecule has 114 valence electrons. The first-order chi connectivity index (χ1) is 9.22. The van der Waals surface area contributed by atoms with Crippen molar-refractivity contribution in [1.29, 1.82) is 0 Å². The van der Waals surface area contributed by atoms with Crippen LogP contribution in [0.1, 0.15) is 29.4 Å². The Hall–Kier alpha value is -0.540. The minimum absolute atomic E-state index is 0.390. The van der Waals surface area contributed by atoms with Crippen molar-refractivity contribution in [2.24, 2.45) is 0 Å². The summed E-state index contributed by atoms with van der Waals surface area (Å²) in [5.41, 5.74) is 0.226. The molecular weight excluding hydrogens is 298 g/mol. The molecule has 2 heterocycles. The lowest BCUT2D eigenvalue weighted by atomic mass is 10.1. The SMILES string of the molecule is Cc1nc(C(C)(C)NS(=O)(=O)N2CCOCC2)sc1C. The number of aryl methyl sites for hydroxylation is 2. The molecule has 0 aromatic carbocycles. The van der Waals surface area contributed by atoms with Gasteiger partial charge in [0.05, 0.1) is 24.4 Å². The highest BCUT2D eigenvalue weighted by atomic mass is 32.2. The molecule has 6 nitrogen and oxygen atoms in total. The normalized spacial score (nSPS) is 18.4. The molecule has 1 fully saturated rings. The molecule has 1 aromatic heterocycles. The zero-order chi connectivity index (χ0) is 15.0. The van der Waals surface area contributed by atoms with Crippen molar-refractivity contribution in [3.63, 3.8) is 0 Å². The van der Waals surface area contributed by atoms with Crippen molar-refractivity contribution < 1.29 is 13.2 Å². The molecule has 0 radical (unpaired) electrons. The second-order valence-corrected chi connectivity index (χ2v) is 8.28. The van der Waals surface area contributed by atoms with Gasteiger partial charge in [-0.25, -0.2) is 4.98 Å². The maximum Gasteiger partial charge on any atom is 0.280 e. The van der Waals surface area contributed by atoms with Crippen LogP contribution in [-0.2, 0) is 20.5 Å². The third kappa shape index (κ3) is 3.37. The first-order valence-electron chi connectivity index (χ1n) is 6.54. The highest BCUT2D eigenvalue weighted by Gasteiger charge is 2.34. The van der Waals surface area contributed by atoms with Crippen molar-refractivity contribution >= 4 is 21.5 Å². The lowest BCUT2D eigenvalue weighted by Gasteiger charge is -2.31. The molecule has 1 aliphatic rings. The van der Waals surface area contributed by atoms with E-state index < -0.39 is 15.7 Å². The van der Waals surface area contributed by atoms with Crippen molar-refractivity contribution in [3.05, 3.63) is 15.6 Å². The standard InChI is InChI=1S/C12H21N3O3S2/c1-9-10(2)19-11(13-9)12(3,4)14-20(16,17)15-5-7-18-8-6-15/h14H,5-8H2,1-4H3. The molecule has 0 spiro atoms. The van der Waals surface area contributed by atoms with Gasteiger partial charge in [-0.2, -0.15) is 17.4 Å². The summed E-state index contributed by atoms with van der Waals surface area (Å²) in [6.07, 6.45) is 0. The van der Waals surface area contributed by atoms with Gasteiger partial charge >= 0.3 is 0 Å². The number of morpholine rings is 1. The van der Waals surface area contributed by atoms with Crippen molar-refractivity contribution in [2.75, 3.05) is 26.3 Å². The fourth-order valence-electron chi connectivity index (χ4n) is 1.96. The van der Waals surface area contributed by atoms with E-state index in [1.165, 1.54) is 15.6 Å². The highest BCUT2D eigenvalue weighted by Crippen LogP contribution is 2.28. The Bertz CT molecular complexity index is 555. The highest BCUT2D eigenvalue weighted by molar-refractivity contribution is 7.87. The van der Waals surface area contributed by atoms with Crippen LogP contribution in [0.3, 0.4) is 0 Å². The van der Waals surface area contributed by atoms with Crippen LogP contribution in [0, 0.1) is 13.8 Å². The molecule has 1 saturated heterocycles. The van der Waals surface area contributed by atoms with Crippen molar-refractivity contribution in [1.82, 2.24) is 14.0 Å². The van der Waals surface area contributed by atoms with E-state index in [1.807, 2.05) is 27.7 Å². The fourth-order valence-corrected chi connectivity index (χ4v) is 4.49. The van der Waals surface area contributed by atoms with Gasteiger partial charge in [0.15, 0.2) is 0 Å². The number of ether oxygens (including phenoxy) is 1. The molecule has 1 aliphatic heterocycles. The molecule has 1 N–H and O–H groups in total. The number of hydrogen-bond donors (Lipinski definition) is 1. The van der Waals surface area contributed by atoms with Gasteiger partial charge in [-0.1, -0.05) is 0 Å². The van der Waals surface area contributed by atoms with Crippen LogP contribution in [0.5, 0.6) is 0 Å². The van der Waals surface area contributed by atoms with E-state index in [2.05, 4.69) is 9.71 Å². The summed E-state index contributed by atoms with van der Waals surface area (Å²) in [5.74, 6) is 0. The predicted octanol–water partition coefficient (Wildman–Crippen LogP) is 1.16. The van der Waals surface area contributed by atoms with Crippen LogP contribution in [-0.4, -0.2) is 44.0 Å².